The van der Waals surface area contributed by atoms with Crippen LogP contribution >= 0.6 is 23.7 Å². The van der Waals surface area contributed by atoms with Crippen molar-refractivity contribution in [3.63, 3.8) is 0 Å². The van der Waals surface area contributed by atoms with Gasteiger partial charge >= 0.3 is 0 Å². The molecule has 2 heterocycles. The van der Waals surface area contributed by atoms with Gasteiger partial charge in [-0.1, -0.05) is 6.92 Å². The molecule has 0 bridgehead atoms. The van der Waals surface area contributed by atoms with E-state index in [9.17, 15) is 4.79 Å². The first kappa shape index (κ1) is 18.4. The number of halogens is 1. The average Bonchev–Trinajstić information content (AvgIpc) is 2.93. The van der Waals surface area contributed by atoms with Gasteiger partial charge in [0.15, 0.2) is 0 Å². The normalized spacial score (nSPS) is 19.0. The second-order valence-electron chi connectivity index (χ2n) is 5.36. The number of likely N-dealkylation sites (N-methyl/N-ethyl adjacent to an activating group) is 1. The Morgan fingerprint density at radius 2 is 2.19 bits per heavy atom. The largest absolute Gasteiger partial charge is 0.350 e. The van der Waals surface area contributed by atoms with Crippen LogP contribution in [0.2, 0.25) is 0 Å². The highest BCUT2D eigenvalue weighted by atomic mass is 35.5. The molecule has 6 heteroatoms. The number of carbonyl (C=O) groups is 1. The second-order valence-corrected chi connectivity index (χ2v) is 6.61. The molecule has 2 N–H and O–H groups in total. The molecule has 1 aliphatic heterocycles. The molecule has 2 rings (SSSR count). The molecule has 0 aromatic carbocycles. The number of piperidine rings is 1. The first-order valence-electron chi connectivity index (χ1n) is 7.45. The van der Waals surface area contributed by atoms with Crippen LogP contribution in [0.3, 0.4) is 0 Å². The quantitative estimate of drug-likeness (QED) is 0.838. The van der Waals surface area contributed by atoms with Gasteiger partial charge in [0.05, 0.1) is 13.1 Å². The fourth-order valence-corrected chi connectivity index (χ4v) is 3.48. The number of amides is 1. The lowest BCUT2D eigenvalue weighted by Gasteiger charge is -2.31. The first-order chi connectivity index (χ1) is 9.71. The summed E-state index contributed by atoms with van der Waals surface area (Å²) in [5.41, 5.74) is 0. The number of hydrogen-bond donors (Lipinski definition) is 2. The van der Waals surface area contributed by atoms with Gasteiger partial charge in [0, 0.05) is 22.3 Å². The summed E-state index contributed by atoms with van der Waals surface area (Å²) in [7, 11) is 2.00. The van der Waals surface area contributed by atoms with Crippen molar-refractivity contribution in [1.29, 1.82) is 0 Å². The predicted octanol–water partition coefficient (Wildman–Crippen LogP) is 2.03. The summed E-state index contributed by atoms with van der Waals surface area (Å²) in [6.45, 7) is 5.34. The average molecular weight is 332 g/mol. The Labute approximate surface area is 137 Å². The number of carbonyl (C=O) groups excluding carboxylic acids is 1. The minimum atomic E-state index is 0. The third kappa shape index (κ3) is 5.94. The van der Waals surface area contributed by atoms with E-state index >= 15 is 0 Å². The van der Waals surface area contributed by atoms with E-state index in [2.05, 4.69) is 34.6 Å². The van der Waals surface area contributed by atoms with Crippen LogP contribution in [-0.2, 0) is 17.8 Å². The maximum absolute atomic E-state index is 12.0. The molecule has 1 unspecified atom stereocenters. The SMILES string of the molecule is CCc1ccc(CNC(=O)CN2CCCC(NC)C2)s1.Cl. The molecule has 4 nitrogen and oxygen atoms in total. The summed E-state index contributed by atoms with van der Waals surface area (Å²) in [6, 6.07) is 4.79. The topological polar surface area (TPSA) is 44.4 Å². The van der Waals surface area contributed by atoms with Crippen LogP contribution in [0.4, 0.5) is 0 Å². The summed E-state index contributed by atoms with van der Waals surface area (Å²) in [5.74, 6) is 0.133. The standard InChI is InChI=1S/C15H25N3OS.ClH/c1-3-13-6-7-14(20-13)9-17-15(19)11-18-8-4-5-12(10-18)16-2;/h6-7,12,16H,3-5,8-11H2,1-2H3,(H,17,19);1H. The molecular formula is C15H26ClN3OS. The van der Waals surface area contributed by atoms with E-state index in [1.54, 1.807) is 11.3 Å². The van der Waals surface area contributed by atoms with Crippen molar-refractivity contribution in [3.8, 4) is 0 Å². The highest BCUT2D eigenvalue weighted by molar-refractivity contribution is 7.11. The van der Waals surface area contributed by atoms with Crippen LogP contribution < -0.4 is 10.6 Å². The molecule has 1 aromatic rings. The number of thiophene rings is 1. The Bertz CT molecular complexity index is 438. The van der Waals surface area contributed by atoms with E-state index in [4.69, 9.17) is 0 Å². The van der Waals surface area contributed by atoms with Gasteiger partial charge in [-0.2, -0.15) is 0 Å². The fourth-order valence-electron chi connectivity index (χ4n) is 2.59. The Morgan fingerprint density at radius 1 is 1.43 bits per heavy atom. The molecule has 1 fully saturated rings. The van der Waals surface area contributed by atoms with Gasteiger partial charge in [-0.05, 0) is 45.0 Å². The molecule has 21 heavy (non-hydrogen) atoms. The van der Waals surface area contributed by atoms with E-state index in [0.717, 1.165) is 19.5 Å². The van der Waals surface area contributed by atoms with Crippen LogP contribution in [0.5, 0.6) is 0 Å². The number of nitrogens with zero attached hydrogens (tertiary/aromatic N) is 1. The van der Waals surface area contributed by atoms with Crippen LogP contribution in [0.1, 0.15) is 29.5 Å². The third-order valence-electron chi connectivity index (χ3n) is 3.81. The smallest absolute Gasteiger partial charge is 0.234 e. The van der Waals surface area contributed by atoms with Crippen molar-refractivity contribution in [3.05, 3.63) is 21.9 Å². The molecule has 120 valence electrons. The van der Waals surface area contributed by atoms with Crippen LogP contribution in [0.25, 0.3) is 0 Å². The van der Waals surface area contributed by atoms with E-state index in [-0.39, 0.29) is 18.3 Å². The highest BCUT2D eigenvalue weighted by Crippen LogP contribution is 2.16. The van der Waals surface area contributed by atoms with Gasteiger partial charge in [0.2, 0.25) is 5.91 Å². The van der Waals surface area contributed by atoms with Crippen molar-refractivity contribution in [1.82, 2.24) is 15.5 Å². The van der Waals surface area contributed by atoms with Gasteiger partial charge in [-0.15, -0.1) is 23.7 Å². The molecule has 0 aliphatic carbocycles. The minimum Gasteiger partial charge on any atom is -0.350 e. The van der Waals surface area contributed by atoms with E-state index < -0.39 is 0 Å². The monoisotopic (exact) mass is 331 g/mol. The molecule has 1 atom stereocenters. The first-order valence-corrected chi connectivity index (χ1v) is 8.26. The number of hydrogen-bond acceptors (Lipinski definition) is 4. The molecule has 1 saturated heterocycles. The Balaban J connectivity index is 0.00000220. The molecule has 1 aromatic heterocycles. The zero-order valence-corrected chi connectivity index (χ0v) is 14.5. The Morgan fingerprint density at radius 3 is 2.86 bits per heavy atom. The zero-order valence-electron chi connectivity index (χ0n) is 12.9. The lowest BCUT2D eigenvalue weighted by molar-refractivity contribution is -0.122. The van der Waals surface area contributed by atoms with Crippen molar-refractivity contribution < 1.29 is 4.79 Å². The maximum atomic E-state index is 12.0. The minimum absolute atomic E-state index is 0. The summed E-state index contributed by atoms with van der Waals surface area (Å²) >= 11 is 1.79. The van der Waals surface area contributed by atoms with E-state index in [1.165, 1.54) is 22.6 Å². The third-order valence-corrected chi connectivity index (χ3v) is 5.04. The number of likely N-dealkylation sites (tertiary alicyclic amines) is 1. The lowest BCUT2D eigenvalue weighted by Crippen LogP contribution is -2.47. The van der Waals surface area contributed by atoms with E-state index in [0.29, 0.717) is 19.1 Å². The predicted molar refractivity (Wildman–Crippen MR) is 91.3 cm³/mol. The summed E-state index contributed by atoms with van der Waals surface area (Å²) < 4.78 is 0. The number of aryl methyl sites for hydroxylation is 1. The summed E-state index contributed by atoms with van der Waals surface area (Å²) in [5, 5.41) is 6.33. The van der Waals surface area contributed by atoms with Crippen LogP contribution in [-0.4, -0.2) is 43.5 Å². The van der Waals surface area contributed by atoms with E-state index in [1.807, 2.05) is 7.05 Å². The molecule has 0 radical (unpaired) electrons. The summed E-state index contributed by atoms with van der Waals surface area (Å²) in [4.78, 5) is 16.8. The maximum Gasteiger partial charge on any atom is 0.234 e. The van der Waals surface area contributed by atoms with Crippen molar-refractivity contribution >= 4 is 29.7 Å². The van der Waals surface area contributed by atoms with Crippen molar-refractivity contribution in [2.24, 2.45) is 0 Å². The van der Waals surface area contributed by atoms with Gasteiger partial charge < -0.3 is 10.6 Å². The van der Waals surface area contributed by atoms with Crippen LogP contribution in [0.15, 0.2) is 12.1 Å². The Hall–Kier alpha value is -0.620. The molecule has 1 amide bonds. The fraction of sp³-hybridized carbons (Fsp3) is 0.667. The molecule has 0 saturated carbocycles. The number of rotatable bonds is 6. The second kappa shape index (κ2) is 9.41. The number of nitrogens with one attached hydrogen (secondary N) is 2. The Kier molecular flexibility index (Phi) is 8.26. The van der Waals surface area contributed by atoms with Crippen molar-refractivity contribution in [2.45, 2.75) is 38.8 Å². The summed E-state index contributed by atoms with van der Waals surface area (Å²) in [6.07, 6.45) is 3.45. The van der Waals surface area contributed by atoms with Gasteiger partial charge in [-0.25, -0.2) is 0 Å². The zero-order chi connectivity index (χ0) is 14.4. The van der Waals surface area contributed by atoms with Gasteiger partial charge in [0.25, 0.3) is 0 Å². The highest BCUT2D eigenvalue weighted by Gasteiger charge is 2.20. The molecule has 0 spiro atoms. The molecule has 1 aliphatic rings. The lowest BCUT2D eigenvalue weighted by atomic mass is 10.1. The van der Waals surface area contributed by atoms with Crippen LogP contribution in [0, 0.1) is 0 Å². The van der Waals surface area contributed by atoms with Gasteiger partial charge in [0.1, 0.15) is 0 Å². The van der Waals surface area contributed by atoms with Gasteiger partial charge in [-0.3, -0.25) is 9.69 Å². The van der Waals surface area contributed by atoms with Crippen molar-refractivity contribution in [2.75, 3.05) is 26.7 Å². The molecular weight excluding hydrogens is 306 g/mol.